The third kappa shape index (κ3) is 2.42. The second kappa shape index (κ2) is 5.05. The van der Waals surface area contributed by atoms with Gasteiger partial charge in [-0.3, -0.25) is 10.0 Å². The molecule has 0 aliphatic carbocycles. The lowest BCUT2D eigenvalue weighted by Crippen LogP contribution is -2.34. The van der Waals surface area contributed by atoms with Gasteiger partial charge in [-0.05, 0) is 24.6 Å². The highest BCUT2D eigenvalue weighted by Gasteiger charge is 2.21. The molecule has 0 saturated heterocycles. The number of nitrogens with zero attached hydrogens (tertiary/aromatic N) is 1. The number of benzene rings is 1. The number of fused-ring (bicyclic) bond motifs is 1. The lowest BCUT2D eigenvalue weighted by atomic mass is 10.1. The van der Waals surface area contributed by atoms with Crippen LogP contribution >= 0.6 is 0 Å². The van der Waals surface area contributed by atoms with Gasteiger partial charge in [0.2, 0.25) is 0 Å². The Balaban J connectivity index is 2.61. The standard InChI is InChI=1S/C14H14FNO4/c1-7(2)13(17)16(19)11-5-9-4-8(3)10(15)6-12(9)20-14(11)18/h4-7,19H,1-3H3. The monoisotopic (exact) mass is 279 g/mol. The van der Waals surface area contributed by atoms with Crippen LogP contribution < -0.4 is 10.7 Å². The summed E-state index contributed by atoms with van der Waals surface area (Å²) in [6.07, 6.45) is 0. The van der Waals surface area contributed by atoms with Gasteiger partial charge in [0, 0.05) is 17.4 Å². The molecule has 0 saturated carbocycles. The van der Waals surface area contributed by atoms with Crippen molar-refractivity contribution in [2.75, 3.05) is 5.06 Å². The van der Waals surface area contributed by atoms with Gasteiger partial charge in [0.05, 0.1) is 0 Å². The predicted molar refractivity (Wildman–Crippen MR) is 71.3 cm³/mol. The fraction of sp³-hybridized carbons (Fsp3) is 0.286. The zero-order valence-corrected chi connectivity index (χ0v) is 11.3. The topological polar surface area (TPSA) is 70.8 Å². The molecule has 5 nitrogen and oxygen atoms in total. The molecule has 1 aromatic carbocycles. The minimum Gasteiger partial charge on any atom is -0.421 e. The number of hydrogen-bond acceptors (Lipinski definition) is 4. The highest BCUT2D eigenvalue weighted by atomic mass is 19.1. The van der Waals surface area contributed by atoms with E-state index < -0.39 is 23.3 Å². The van der Waals surface area contributed by atoms with Gasteiger partial charge >= 0.3 is 5.63 Å². The van der Waals surface area contributed by atoms with Crippen LogP contribution in [0, 0.1) is 18.7 Å². The highest BCUT2D eigenvalue weighted by Crippen LogP contribution is 2.21. The molecule has 0 aliphatic heterocycles. The molecule has 1 heterocycles. The molecular weight excluding hydrogens is 265 g/mol. The summed E-state index contributed by atoms with van der Waals surface area (Å²) in [5.74, 6) is -1.60. The van der Waals surface area contributed by atoms with Crippen LogP contribution in [0.4, 0.5) is 10.1 Å². The third-order valence-corrected chi connectivity index (χ3v) is 2.93. The lowest BCUT2D eigenvalue weighted by Gasteiger charge is -2.16. The van der Waals surface area contributed by atoms with Gasteiger partial charge in [-0.1, -0.05) is 13.8 Å². The van der Waals surface area contributed by atoms with E-state index >= 15 is 0 Å². The van der Waals surface area contributed by atoms with Gasteiger partial charge in [0.25, 0.3) is 5.91 Å². The first-order valence-corrected chi connectivity index (χ1v) is 6.08. The van der Waals surface area contributed by atoms with Gasteiger partial charge in [0.15, 0.2) is 5.69 Å². The summed E-state index contributed by atoms with van der Waals surface area (Å²) in [7, 11) is 0. The van der Waals surface area contributed by atoms with Crippen LogP contribution in [0.3, 0.4) is 0 Å². The fourth-order valence-electron chi connectivity index (χ4n) is 1.76. The molecule has 2 rings (SSSR count). The molecule has 1 aromatic heterocycles. The van der Waals surface area contributed by atoms with Crippen molar-refractivity contribution >= 4 is 22.6 Å². The maximum absolute atomic E-state index is 13.4. The summed E-state index contributed by atoms with van der Waals surface area (Å²) in [6, 6.07) is 3.88. The van der Waals surface area contributed by atoms with Gasteiger partial charge in [-0.15, -0.1) is 0 Å². The van der Waals surface area contributed by atoms with Crippen molar-refractivity contribution in [1.82, 2.24) is 0 Å². The van der Waals surface area contributed by atoms with E-state index in [2.05, 4.69) is 0 Å². The first kappa shape index (κ1) is 14.2. The number of halogens is 1. The van der Waals surface area contributed by atoms with E-state index in [-0.39, 0.29) is 16.3 Å². The second-order valence-electron chi connectivity index (χ2n) is 4.86. The third-order valence-electron chi connectivity index (χ3n) is 2.93. The molecule has 1 N–H and O–H groups in total. The van der Waals surface area contributed by atoms with Crippen LogP contribution in [-0.4, -0.2) is 11.1 Å². The van der Waals surface area contributed by atoms with E-state index in [1.54, 1.807) is 20.8 Å². The van der Waals surface area contributed by atoms with Gasteiger partial charge in [-0.25, -0.2) is 9.18 Å². The van der Waals surface area contributed by atoms with E-state index in [9.17, 15) is 19.2 Å². The molecule has 0 atom stereocenters. The van der Waals surface area contributed by atoms with Crippen LogP contribution in [0.1, 0.15) is 19.4 Å². The fourth-order valence-corrected chi connectivity index (χ4v) is 1.76. The van der Waals surface area contributed by atoms with Crippen molar-refractivity contribution in [3.05, 3.63) is 40.0 Å². The number of carbonyl (C=O) groups is 1. The molecule has 0 radical (unpaired) electrons. The Morgan fingerprint density at radius 1 is 1.35 bits per heavy atom. The van der Waals surface area contributed by atoms with Crippen LogP contribution in [-0.2, 0) is 4.79 Å². The van der Waals surface area contributed by atoms with Crippen molar-refractivity contribution < 1.29 is 18.8 Å². The van der Waals surface area contributed by atoms with Gasteiger partial charge < -0.3 is 4.42 Å². The zero-order valence-electron chi connectivity index (χ0n) is 11.3. The van der Waals surface area contributed by atoms with E-state index in [0.29, 0.717) is 10.9 Å². The summed E-state index contributed by atoms with van der Waals surface area (Å²) in [5, 5.41) is 10.5. The summed E-state index contributed by atoms with van der Waals surface area (Å²) < 4.78 is 18.3. The molecule has 106 valence electrons. The van der Waals surface area contributed by atoms with Crippen molar-refractivity contribution in [1.29, 1.82) is 0 Å². The maximum atomic E-state index is 13.4. The SMILES string of the molecule is Cc1cc2cc(N(O)C(=O)C(C)C)c(=O)oc2cc1F. The molecule has 0 bridgehead atoms. The molecule has 0 unspecified atom stereocenters. The van der Waals surface area contributed by atoms with Gasteiger partial charge in [0.1, 0.15) is 11.4 Å². The highest BCUT2D eigenvalue weighted by molar-refractivity contribution is 5.93. The number of carbonyl (C=O) groups excluding carboxylic acids is 1. The van der Waals surface area contributed by atoms with Crippen molar-refractivity contribution in [2.45, 2.75) is 20.8 Å². The van der Waals surface area contributed by atoms with Gasteiger partial charge in [-0.2, -0.15) is 5.06 Å². The average molecular weight is 279 g/mol. The Morgan fingerprint density at radius 2 is 2.00 bits per heavy atom. The maximum Gasteiger partial charge on any atom is 0.362 e. The molecule has 0 aliphatic rings. The smallest absolute Gasteiger partial charge is 0.362 e. The Hall–Kier alpha value is -2.21. The van der Waals surface area contributed by atoms with Crippen molar-refractivity contribution in [3.63, 3.8) is 0 Å². The molecular formula is C14H14FNO4. The molecule has 20 heavy (non-hydrogen) atoms. The summed E-state index contributed by atoms with van der Waals surface area (Å²) in [4.78, 5) is 23.4. The lowest BCUT2D eigenvalue weighted by molar-refractivity contribution is -0.126. The van der Waals surface area contributed by atoms with E-state index in [0.717, 1.165) is 6.07 Å². The number of hydroxylamine groups is 1. The van der Waals surface area contributed by atoms with Crippen molar-refractivity contribution in [3.8, 4) is 0 Å². The number of hydrogen-bond donors (Lipinski definition) is 1. The first-order chi connectivity index (χ1) is 9.31. The zero-order chi connectivity index (χ0) is 15.0. The van der Waals surface area contributed by atoms with Crippen LogP contribution in [0.15, 0.2) is 27.4 Å². The van der Waals surface area contributed by atoms with E-state index in [4.69, 9.17) is 4.42 Å². The Kier molecular flexibility index (Phi) is 3.59. The van der Waals surface area contributed by atoms with E-state index in [1.165, 1.54) is 12.1 Å². The molecule has 2 aromatic rings. The summed E-state index contributed by atoms with van der Waals surface area (Å²) in [5.41, 5.74) is -0.760. The predicted octanol–water partition coefficient (Wildman–Crippen LogP) is 2.62. The van der Waals surface area contributed by atoms with E-state index in [1.807, 2.05) is 0 Å². The number of aryl methyl sites for hydroxylation is 1. The molecule has 6 heteroatoms. The van der Waals surface area contributed by atoms with Crippen LogP contribution in [0.5, 0.6) is 0 Å². The summed E-state index contributed by atoms with van der Waals surface area (Å²) in [6.45, 7) is 4.75. The second-order valence-corrected chi connectivity index (χ2v) is 4.86. The largest absolute Gasteiger partial charge is 0.421 e. The quantitative estimate of drug-likeness (QED) is 0.521. The Morgan fingerprint density at radius 3 is 2.60 bits per heavy atom. The van der Waals surface area contributed by atoms with Crippen LogP contribution in [0.2, 0.25) is 0 Å². The number of anilines is 1. The average Bonchev–Trinajstić information content (AvgIpc) is 2.38. The Labute approximate surface area is 114 Å². The van der Waals surface area contributed by atoms with Crippen molar-refractivity contribution in [2.24, 2.45) is 5.92 Å². The summed E-state index contributed by atoms with van der Waals surface area (Å²) >= 11 is 0. The normalized spacial score (nSPS) is 11.1. The Bertz CT molecular complexity index is 736. The first-order valence-electron chi connectivity index (χ1n) is 6.08. The molecule has 0 spiro atoms. The minimum absolute atomic E-state index is 0.0623. The number of amides is 1. The molecule has 0 fully saturated rings. The number of rotatable bonds is 2. The minimum atomic E-state index is -0.905. The van der Waals surface area contributed by atoms with Crippen LogP contribution in [0.25, 0.3) is 11.0 Å². The molecule has 1 amide bonds.